The molecular weight excluding hydrogens is 276 g/mol. The number of hydrogen-bond donors (Lipinski definition) is 4. The number of carbonyl (C=O) groups excluding carboxylic acids is 1. The van der Waals surface area contributed by atoms with Crippen LogP contribution in [0.15, 0.2) is 12.7 Å². The van der Waals surface area contributed by atoms with Crippen LogP contribution < -0.4 is 21.9 Å². The molecule has 2 heterocycles. The Hall–Kier alpha value is -2.82. The second-order valence-electron chi connectivity index (χ2n) is 4.34. The van der Waals surface area contributed by atoms with Crippen molar-refractivity contribution < 1.29 is 4.79 Å². The maximum atomic E-state index is 11.6. The van der Waals surface area contributed by atoms with E-state index in [0.717, 1.165) is 0 Å². The Morgan fingerprint density at radius 1 is 1.33 bits per heavy atom. The lowest BCUT2D eigenvalue weighted by molar-refractivity contribution is -0.119. The van der Waals surface area contributed by atoms with Gasteiger partial charge in [0, 0.05) is 6.04 Å². The van der Waals surface area contributed by atoms with Crippen LogP contribution in [0.25, 0.3) is 5.95 Å². The first-order valence-electron chi connectivity index (χ1n) is 6.19. The van der Waals surface area contributed by atoms with E-state index in [0.29, 0.717) is 0 Å². The summed E-state index contributed by atoms with van der Waals surface area (Å²) in [4.78, 5) is 27.5. The number of nitrogens with one attached hydrogen (secondary N) is 3. The second-order valence-corrected chi connectivity index (χ2v) is 4.34. The standard InChI is InChI=1S/C10H16N10O/c1-6(2)15-7(21)3-13-8-16-9(19-11)18-10(17-8)20-5-12-4-14-20/h4-6H,3,11H2,1-2H3,(H,15,21)(H2,13,16,17,18,19). The minimum Gasteiger partial charge on any atom is -0.352 e. The Balaban J connectivity index is 2.12. The number of nitrogens with two attached hydrogens (primary N) is 1. The van der Waals surface area contributed by atoms with Gasteiger partial charge in [0.15, 0.2) is 0 Å². The second kappa shape index (κ2) is 6.56. The van der Waals surface area contributed by atoms with E-state index in [1.165, 1.54) is 17.3 Å². The zero-order valence-corrected chi connectivity index (χ0v) is 11.6. The van der Waals surface area contributed by atoms with Gasteiger partial charge in [-0.25, -0.2) is 10.8 Å². The Morgan fingerprint density at radius 3 is 2.71 bits per heavy atom. The van der Waals surface area contributed by atoms with Crippen molar-refractivity contribution in [3.8, 4) is 5.95 Å². The highest BCUT2D eigenvalue weighted by atomic mass is 16.1. The first-order chi connectivity index (χ1) is 10.1. The fourth-order valence-electron chi connectivity index (χ4n) is 1.45. The molecule has 1 amide bonds. The van der Waals surface area contributed by atoms with Crippen LogP contribution >= 0.6 is 0 Å². The van der Waals surface area contributed by atoms with Crippen molar-refractivity contribution in [2.45, 2.75) is 19.9 Å². The molecule has 11 heteroatoms. The van der Waals surface area contributed by atoms with E-state index in [4.69, 9.17) is 5.84 Å². The third-order valence-corrected chi connectivity index (χ3v) is 2.23. The predicted molar refractivity (Wildman–Crippen MR) is 74.3 cm³/mol. The van der Waals surface area contributed by atoms with Crippen molar-refractivity contribution in [2.24, 2.45) is 5.84 Å². The molecule has 5 N–H and O–H groups in total. The number of anilines is 2. The molecule has 21 heavy (non-hydrogen) atoms. The third-order valence-electron chi connectivity index (χ3n) is 2.23. The van der Waals surface area contributed by atoms with Crippen LogP contribution in [-0.4, -0.2) is 48.2 Å². The van der Waals surface area contributed by atoms with E-state index in [1.54, 1.807) is 0 Å². The molecule has 0 fully saturated rings. The quantitative estimate of drug-likeness (QED) is 0.375. The topological polar surface area (TPSA) is 149 Å². The Kier molecular flexibility index (Phi) is 4.56. The van der Waals surface area contributed by atoms with Gasteiger partial charge in [-0.2, -0.15) is 24.7 Å². The van der Waals surface area contributed by atoms with Crippen molar-refractivity contribution in [1.29, 1.82) is 0 Å². The molecule has 2 aromatic heterocycles. The van der Waals surface area contributed by atoms with Crippen molar-refractivity contribution in [2.75, 3.05) is 17.3 Å². The average Bonchev–Trinajstić information content (AvgIpc) is 2.98. The van der Waals surface area contributed by atoms with E-state index in [-0.39, 0.29) is 36.3 Å². The molecule has 2 rings (SSSR count). The van der Waals surface area contributed by atoms with Gasteiger partial charge in [0.25, 0.3) is 5.95 Å². The Morgan fingerprint density at radius 2 is 2.10 bits per heavy atom. The summed E-state index contributed by atoms with van der Waals surface area (Å²) in [6, 6.07) is 0.0598. The van der Waals surface area contributed by atoms with Gasteiger partial charge in [-0.1, -0.05) is 0 Å². The van der Waals surface area contributed by atoms with Crippen LogP contribution in [-0.2, 0) is 4.79 Å². The van der Waals surface area contributed by atoms with Crippen LogP contribution in [0.2, 0.25) is 0 Å². The molecule has 0 aliphatic heterocycles. The summed E-state index contributed by atoms with van der Waals surface area (Å²) in [7, 11) is 0. The van der Waals surface area contributed by atoms with Gasteiger partial charge in [-0.15, -0.1) is 0 Å². The van der Waals surface area contributed by atoms with Crippen LogP contribution in [0.1, 0.15) is 13.8 Å². The summed E-state index contributed by atoms with van der Waals surface area (Å²) >= 11 is 0. The average molecular weight is 292 g/mol. The number of nitrogen functional groups attached to an aromatic ring is 1. The number of hydrogen-bond acceptors (Lipinski definition) is 9. The summed E-state index contributed by atoms with van der Waals surface area (Å²) in [6.45, 7) is 3.78. The monoisotopic (exact) mass is 292 g/mol. The first-order valence-corrected chi connectivity index (χ1v) is 6.19. The van der Waals surface area contributed by atoms with Gasteiger partial charge < -0.3 is 10.6 Å². The van der Waals surface area contributed by atoms with Crippen molar-refractivity contribution in [1.82, 2.24) is 35.0 Å². The van der Waals surface area contributed by atoms with E-state index < -0.39 is 0 Å². The van der Waals surface area contributed by atoms with E-state index in [1.807, 2.05) is 13.8 Å². The lowest BCUT2D eigenvalue weighted by Crippen LogP contribution is -2.35. The number of aromatic nitrogens is 6. The van der Waals surface area contributed by atoms with Crippen LogP contribution in [0.4, 0.5) is 11.9 Å². The normalized spacial score (nSPS) is 10.5. The third kappa shape index (κ3) is 4.07. The molecule has 0 saturated carbocycles. The molecule has 0 spiro atoms. The Labute approximate surface area is 120 Å². The molecule has 0 aromatic carbocycles. The van der Waals surface area contributed by atoms with Crippen LogP contribution in [0.3, 0.4) is 0 Å². The largest absolute Gasteiger partial charge is 0.352 e. The van der Waals surface area contributed by atoms with Crippen molar-refractivity contribution in [3.05, 3.63) is 12.7 Å². The number of rotatable bonds is 6. The smallest absolute Gasteiger partial charge is 0.258 e. The highest BCUT2D eigenvalue weighted by molar-refractivity contribution is 5.80. The fourth-order valence-corrected chi connectivity index (χ4v) is 1.45. The lowest BCUT2D eigenvalue weighted by atomic mass is 10.4. The summed E-state index contributed by atoms with van der Waals surface area (Å²) in [5.74, 6) is 5.70. The maximum Gasteiger partial charge on any atom is 0.258 e. The molecule has 0 saturated heterocycles. The zero-order chi connectivity index (χ0) is 15.2. The molecule has 11 nitrogen and oxygen atoms in total. The van der Waals surface area contributed by atoms with Crippen LogP contribution in [0, 0.1) is 0 Å². The van der Waals surface area contributed by atoms with E-state index >= 15 is 0 Å². The minimum atomic E-state index is -0.171. The molecule has 2 aromatic rings. The highest BCUT2D eigenvalue weighted by Crippen LogP contribution is 2.06. The molecule has 0 aliphatic rings. The predicted octanol–water partition coefficient (Wildman–Crippen LogP) is -1.33. The van der Waals surface area contributed by atoms with Crippen LogP contribution in [0.5, 0.6) is 0 Å². The van der Waals surface area contributed by atoms with Crippen molar-refractivity contribution >= 4 is 17.8 Å². The Bertz CT molecular complexity index is 596. The zero-order valence-electron chi connectivity index (χ0n) is 11.6. The fraction of sp³-hybridized carbons (Fsp3) is 0.400. The molecule has 0 bridgehead atoms. The van der Waals surface area contributed by atoms with E-state index in [9.17, 15) is 4.79 Å². The molecule has 0 atom stereocenters. The van der Waals surface area contributed by atoms with Gasteiger partial charge >= 0.3 is 0 Å². The maximum absolute atomic E-state index is 11.6. The number of amides is 1. The van der Waals surface area contributed by atoms with Gasteiger partial charge in [-0.05, 0) is 13.8 Å². The van der Waals surface area contributed by atoms with Gasteiger partial charge in [0.05, 0.1) is 6.54 Å². The minimum absolute atomic E-state index is 0.0308. The number of hydrazine groups is 1. The molecule has 0 radical (unpaired) electrons. The van der Waals surface area contributed by atoms with Crippen molar-refractivity contribution in [3.63, 3.8) is 0 Å². The number of carbonyl (C=O) groups is 1. The number of nitrogens with zero attached hydrogens (tertiary/aromatic N) is 6. The van der Waals surface area contributed by atoms with Gasteiger partial charge in [0.2, 0.25) is 17.8 Å². The van der Waals surface area contributed by atoms with E-state index in [2.05, 4.69) is 41.1 Å². The molecule has 0 aliphatic carbocycles. The molecular formula is C10H16N10O. The van der Waals surface area contributed by atoms with Gasteiger partial charge in [0.1, 0.15) is 12.7 Å². The highest BCUT2D eigenvalue weighted by Gasteiger charge is 2.09. The first kappa shape index (κ1) is 14.6. The summed E-state index contributed by atoms with van der Waals surface area (Å²) in [5.41, 5.74) is 2.33. The SMILES string of the molecule is CC(C)NC(=O)CNc1nc(NN)nc(-n2cncn2)n1. The van der Waals surface area contributed by atoms with Gasteiger partial charge in [-0.3, -0.25) is 10.2 Å². The summed E-state index contributed by atoms with van der Waals surface area (Å²) < 4.78 is 1.35. The molecule has 0 unspecified atom stereocenters. The summed E-state index contributed by atoms with van der Waals surface area (Å²) in [5, 5.41) is 9.45. The summed E-state index contributed by atoms with van der Waals surface area (Å²) in [6.07, 6.45) is 2.79. The molecule has 112 valence electrons. The lowest BCUT2D eigenvalue weighted by Gasteiger charge is -2.10.